The Bertz CT molecular complexity index is 954. The second-order valence-corrected chi connectivity index (χ2v) is 7.48. The third-order valence-corrected chi connectivity index (χ3v) is 4.73. The minimum absolute atomic E-state index is 0.0104. The summed E-state index contributed by atoms with van der Waals surface area (Å²) in [6, 6.07) is 5.72. The number of amides is 2. The zero-order chi connectivity index (χ0) is 21.8. The number of rotatable bonds is 8. The molecule has 1 aliphatic rings. The molecule has 1 atom stereocenters. The van der Waals surface area contributed by atoms with Gasteiger partial charge in [0.05, 0.1) is 11.1 Å². The van der Waals surface area contributed by atoms with Crippen molar-refractivity contribution in [3.63, 3.8) is 0 Å². The van der Waals surface area contributed by atoms with E-state index in [1.165, 1.54) is 12.1 Å². The molecule has 0 radical (unpaired) electrons. The molecule has 1 aliphatic carbocycles. The summed E-state index contributed by atoms with van der Waals surface area (Å²) in [5.41, 5.74) is 1.31. The van der Waals surface area contributed by atoms with Crippen LogP contribution in [0, 0.1) is 12.8 Å². The summed E-state index contributed by atoms with van der Waals surface area (Å²) in [7, 11) is 0. The van der Waals surface area contributed by atoms with Gasteiger partial charge in [-0.05, 0) is 50.5 Å². The highest BCUT2D eigenvalue weighted by Gasteiger charge is 2.30. The second-order valence-electron chi connectivity index (χ2n) is 7.07. The molecule has 1 aromatic heterocycles. The van der Waals surface area contributed by atoms with Crippen molar-refractivity contribution >= 4 is 29.4 Å². The molecular formula is C20H21ClF2N4O3. The van der Waals surface area contributed by atoms with Gasteiger partial charge in [0.15, 0.2) is 0 Å². The van der Waals surface area contributed by atoms with Crippen molar-refractivity contribution in [1.82, 2.24) is 15.3 Å². The molecule has 0 bridgehead atoms. The average Bonchev–Trinajstić information content (AvgIpc) is 3.51. The molecule has 10 heteroatoms. The van der Waals surface area contributed by atoms with Gasteiger partial charge in [-0.25, -0.2) is 18.7 Å². The molecule has 2 N–H and O–H groups in total. The third-order valence-electron chi connectivity index (χ3n) is 4.44. The number of benzene rings is 1. The molecular weight excluding hydrogens is 418 g/mol. The molecule has 1 saturated carbocycles. The van der Waals surface area contributed by atoms with Gasteiger partial charge in [-0.1, -0.05) is 17.7 Å². The summed E-state index contributed by atoms with van der Waals surface area (Å²) in [4.78, 5) is 32.8. The number of carbonyl (C=O) groups excluding carboxylic acids is 2. The average molecular weight is 439 g/mol. The van der Waals surface area contributed by atoms with E-state index < -0.39 is 25.0 Å². The van der Waals surface area contributed by atoms with Crippen LogP contribution in [0.4, 0.5) is 14.7 Å². The minimum atomic E-state index is -2.60. The lowest BCUT2D eigenvalue weighted by molar-refractivity contribution is -0.117. The largest absolute Gasteiger partial charge is 0.486 e. The molecule has 2 amide bonds. The first-order chi connectivity index (χ1) is 14.2. The Kier molecular flexibility index (Phi) is 6.81. The summed E-state index contributed by atoms with van der Waals surface area (Å²) in [6.07, 6.45) is -0.914. The summed E-state index contributed by atoms with van der Waals surface area (Å²) in [5, 5.41) is 5.59. The maximum Gasteiger partial charge on any atom is 0.272 e. The fraction of sp³-hybridized carbons (Fsp3) is 0.400. The lowest BCUT2D eigenvalue weighted by atomic mass is 10.1. The summed E-state index contributed by atoms with van der Waals surface area (Å²) in [5.74, 6) is -0.382. The number of nitrogens with one attached hydrogen (secondary N) is 2. The molecule has 1 aromatic carbocycles. The van der Waals surface area contributed by atoms with Crippen LogP contribution in [0.2, 0.25) is 5.02 Å². The lowest BCUT2D eigenvalue weighted by Gasteiger charge is -2.16. The summed E-state index contributed by atoms with van der Waals surface area (Å²) < 4.78 is 29.5. The van der Waals surface area contributed by atoms with E-state index >= 15 is 0 Å². The molecule has 1 fully saturated rings. The van der Waals surface area contributed by atoms with Crippen molar-refractivity contribution in [1.29, 1.82) is 0 Å². The van der Waals surface area contributed by atoms with Crippen molar-refractivity contribution in [3.8, 4) is 5.75 Å². The quantitative estimate of drug-likeness (QED) is 0.651. The van der Waals surface area contributed by atoms with Crippen molar-refractivity contribution in [2.45, 2.75) is 39.2 Å². The summed E-state index contributed by atoms with van der Waals surface area (Å²) >= 11 is 6.09. The first-order valence-electron chi connectivity index (χ1n) is 9.40. The van der Waals surface area contributed by atoms with Crippen molar-refractivity contribution in [3.05, 3.63) is 46.2 Å². The van der Waals surface area contributed by atoms with E-state index in [0.717, 1.165) is 12.8 Å². The zero-order valence-corrected chi connectivity index (χ0v) is 17.2. The summed E-state index contributed by atoms with van der Waals surface area (Å²) in [6.45, 7) is 2.69. The zero-order valence-electron chi connectivity index (χ0n) is 16.4. The monoisotopic (exact) mass is 438 g/mol. The predicted molar refractivity (Wildman–Crippen MR) is 107 cm³/mol. The Labute approximate surface area is 177 Å². The Morgan fingerprint density at radius 2 is 2.00 bits per heavy atom. The van der Waals surface area contributed by atoms with Crippen LogP contribution >= 0.6 is 11.6 Å². The van der Waals surface area contributed by atoms with Crippen LogP contribution in [0.1, 0.15) is 47.6 Å². The predicted octanol–water partition coefficient (Wildman–Crippen LogP) is 3.92. The normalized spacial score (nSPS) is 14.3. The lowest BCUT2D eigenvalue weighted by Crippen LogP contribution is -2.28. The molecule has 1 unspecified atom stereocenters. The van der Waals surface area contributed by atoms with Crippen LogP contribution in [0.5, 0.6) is 5.75 Å². The van der Waals surface area contributed by atoms with E-state index in [2.05, 4.69) is 20.6 Å². The van der Waals surface area contributed by atoms with Crippen molar-refractivity contribution < 1.29 is 23.1 Å². The number of ether oxygens (including phenoxy) is 1. The Morgan fingerprint density at radius 1 is 1.27 bits per heavy atom. The van der Waals surface area contributed by atoms with Crippen molar-refractivity contribution in [2.24, 2.45) is 5.92 Å². The number of alkyl halides is 2. The highest BCUT2D eigenvalue weighted by atomic mass is 35.5. The number of hydrogen-bond acceptors (Lipinski definition) is 5. The molecule has 7 nitrogen and oxygen atoms in total. The number of hydrogen-bond donors (Lipinski definition) is 2. The van der Waals surface area contributed by atoms with Crippen LogP contribution in [-0.4, -0.2) is 34.8 Å². The van der Waals surface area contributed by atoms with Gasteiger partial charge >= 0.3 is 0 Å². The van der Waals surface area contributed by atoms with E-state index in [9.17, 15) is 18.4 Å². The number of nitrogens with zero attached hydrogens (tertiary/aromatic N) is 2. The van der Waals surface area contributed by atoms with Crippen LogP contribution in [0.3, 0.4) is 0 Å². The Balaban J connectivity index is 1.67. The Morgan fingerprint density at radius 3 is 2.63 bits per heavy atom. The molecule has 160 valence electrons. The number of aryl methyl sites for hydroxylation is 1. The molecule has 3 rings (SSSR count). The molecule has 1 heterocycles. The number of carbonyl (C=O) groups is 2. The van der Waals surface area contributed by atoms with Gasteiger partial charge in [-0.15, -0.1) is 0 Å². The smallest absolute Gasteiger partial charge is 0.272 e. The SMILES string of the molecule is Cc1cc(C(=O)NC(C)c2ccc(OCC(F)F)c(Cl)c2)nc(NC(=O)C2CC2)n1. The van der Waals surface area contributed by atoms with E-state index in [1.54, 1.807) is 26.0 Å². The fourth-order valence-corrected chi connectivity index (χ4v) is 2.95. The van der Waals surface area contributed by atoms with Gasteiger partial charge in [0.25, 0.3) is 12.3 Å². The first kappa shape index (κ1) is 21.9. The minimum Gasteiger partial charge on any atom is -0.486 e. The molecule has 0 saturated heterocycles. The Hall–Kier alpha value is -2.81. The van der Waals surface area contributed by atoms with Crippen molar-refractivity contribution in [2.75, 3.05) is 11.9 Å². The first-order valence-corrected chi connectivity index (χ1v) is 9.78. The van der Waals surface area contributed by atoms with E-state index in [0.29, 0.717) is 11.3 Å². The number of anilines is 1. The topological polar surface area (TPSA) is 93.2 Å². The highest BCUT2D eigenvalue weighted by molar-refractivity contribution is 6.32. The van der Waals surface area contributed by atoms with Crippen LogP contribution in [0.25, 0.3) is 0 Å². The number of aromatic nitrogens is 2. The van der Waals surface area contributed by atoms with E-state index in [-0.39, 0.29) is 34.2 Å². The van der Waals surface area contributed by atoms with Gasteiger partial charge in [0.1, 0.15) is 18.1 Å². The molecule has 0 spiro atoms. The maximum atomic E-state index is 12.6. The van der Waals surface area contributed by atoms with Gasteiger partial charge in [0.2, 0.25) is 11.9 Å². The van der Waals surface area contributed by atoms with Crippen LogP contribution in [-0.2, 0) is 4.79 Å². The molecule has 0 aliphatic heterocycles. The van der Waals surface area contributed by atoms with E-state index in [4.69, 9.17) is 16.3 Å². The third kappa shape index (κ3) is 5.85. The van der Waals surface area contributed by atoms with Gasteiger partial charge < -0.3 is 10.1 Å². The number of halogens is 3. The van der Waals surface area contributed by atoms with Gasteiger partial charge in [-0.3, -0.25) is 14.9 Å². The van der Waals surface area contributed by atoms with Gasteiger partial charge in [0, 0.05) is 11.6 Å². The second kappa shape index (κ2) is 9.34. The molecule has 30 heavy (non-hydrogen) atoms. The van der Waals surface area contributed by atoms with Crippen LogP contribution < -0.4 is 15.4 Å². The maximum absolute atomic E-state index is 12.6. The fourth-order valence-electron chi connectivity index (χ4n) is 2.71. The molecule has 2 aromatic rings. The van der Waals surface area contributed by atoms with Gasteiger partial charge in [-0.2, -0.15) is 0 Å². The standard InChI is InChI=1S/C20H21ClF2N4O3/c1-10-7-15(26-20(24-10)27-18(28)12-3-4-12)19(29)25-11(2)13-5-6-16(14(21)8-13)30-9-17(22)23/h5-8,11-12,17H,3-4,9H2,1-2H3,(H,25,29)(H,24,26,27,28). The van der Waals surface area contributed by atoms with Crippen LogP contribution in [0.15, 0.2) is 24.3 Å². The van der Waals surface area contributed by atoms with E-state index in [1.807, 2.05) is 0 Å². The highest BCUT2D eigenvalue weighted by Crippen LogP contribution is 2.30.